The standard InChI is InChI=1S/C18H16N4O/c1-3-14-9-11-15(12-10-14)19-20-17-13(2)21-22(18(17)23)16-7-5-4-6-8-16/h3-12,21H,1H2,2H3. The average Bonchev–Trinajstić information content (AvgIpc) is 2.88. The molecule has 0 aliphatic heterocycles. The molecule has 0 bridgehead atoms. The van der Waals surface area contributed by atoms with Gasteiger partial charge in [-0.25, -0.2) is 4.68 Å². The second-order valence-corrected chi connectivity index (χ2v) is 5.06. The van der Waals surface area contributed by atoms with Crippen molar-refractivity contribution in [3.63, 3.8) is 0 Å². The van der Waals surface area contributed by atoms with Crippen molar-refractivity contribution in [3.05, 3.63) is 82.8 Å². The van der Waals surface area contributed by atoms with Gasteiger partial charge in [0.1, 0.15) is 0 Å². The number of rotatable bonds is 4. The Balaban J connectivity index is 1.94. The highest BCUT2D eigenvalue weighted by Gasteiger charge is 2.11. The Morgan fingerprint density at radius 3 is 2.39 bits per heavy atom. The van der Waals surface area contributed by atoms with Gasteiger partial charge >= 0.3 is 0 Å². The minimum atomic E-state index is -0.222. The highest BCUT2D eigenvalue weighted by molar-refractivity contribution is 5.51. The zero-order chi connectivity index (χ0) is 16.2. The van der Waals surface area contributed by atoms with Crippen LogP contribution in [-0.2, 0) is 0 Å². The Labute approximate surface area is 133 Å². The molecule has 1 aromatic heterocycles. The topological polar surface area (TPSA) is 62.5 Å². The molecule has 3 rings (SSSR count). The second kappa shape index (κ2) is 6.27. The number of hydrogen-bond donors (Lipinski definition) is 1. The fraction of sp³-hybridized carbons (Fsp3) is 0.0556. The summed E-state index contributed by atoms with van der Waals surface area (Å²) in [6.45, 7) is 5.51. The Kier molecular flexibility index (Phi) is 4.01. The van der Waals surface area contributed by atoms with Crippen molar-refractivity contribution in [1.82, 2.24) is 9.78 Å². The molecule has 2 aromatic carbocycles. The molecule has 0 spiro atoms. The molecular formula is C18H16N4O. The molecule has 0 atom stereocenters. The highest BCUT2D eigenvalue weighted by atomic mass is 16.1. The maximum Gasteiger partial charge on any atom is 0.299 e. The van der Waals surface area contributed by atoms with E-state index in [1.54, 1.807) is 13.0 Å². The number of nitrogens with zero attached hydrogens (tertiary/aromatic N) is 3. The second-order valence-electron chi connectivity index (χ2n) is 5.06. The summed E-state index contributed by atoms with van der Waals surface area (Å²) in [5.74, 6) is 0. The molecule has 5 nitrogen and oxygen atoms in total. The number of nitrogens with one attached hydrogen (secondary N) is 1. The van der Waals surface area contributed by atoms with E-state index in [9.17, 15) is 4.79 Å². The third-order valence-corrected chi connectivity index (χ3v) is 3.45. The summed E-state index contributed by atoms with van der Waals surface area (Å²) in [6.07, 6.45) is 1.76. The molecule has 5 heteroatoms. The maximum atomic E-state index is 12.5. The van der Waals surface area contributed by atoms with Crippen molar-refractivity contribution in [2.45, 2.75) is 6.92 Å². The third-order valence-electron chi connectivity index (χ3n) is 3.45. The van der Waals surface area contributed by atoms with Gasteiger partial charge in [-0.2, -0.15) is 5.11 Å². The molecule has 0 fully saturated rings. The van der Waals surface area contributed by atoms with Crippen LogP contribution in [0, 0.1) is 6.92 Å². The molecule has 1 heterocycles. The first-order valence-corrected chi connectivity index (χ1v) is 7.20. The van der Waals surface area contributed by atoms with Crippen molar-refractivity contribution < 1.29 is 0 Å². The van der Waals surface area contributed by atoms with Crippen molar-refractivity contribution >= 4 is 17.5 Å². The fourth-order valence-corrected chi connectivity index (χ4v) is 2.20. The monoisotopic (exact) mass is 304 g/mol. The van der Waals surface area contributed by atoms with Crippen LogP contribution in [0.2, 0.25) is 0 Å². The Bertz CT molecular complexity index is 902. The summed E-state index contributed by atoms with van der Waals surface area (Å²) in [6, 6.07) is 16.8. The lowest BCUT2D eigenvalue weighted by Gasteiger charge is -1.99. The van der Waals surface area contributed by atoms with Crippen molar-refractivity contribution in [3.8, 4) is 5.69 Å². The first-order chi connectivity index (χ1) is 11.2. The van der Waals surface area contributed by atoms with Crippen LogP contribution in [-0.4, -0.2) is 9.78 Å². The van der Waals surface area contributed by atoms with Crippen LogP contribution >= 0.6 is 0 Å². The number of azo groups is 1. The number of aryl methyl sites for hydroxylation is 1. The fourth-order valence-electron chi connectivity index (χ4n) is 2.20. The van der Waals surface area contributed by atoms with Gasteiger partial charge in [0.15, 0.2) is 5.69 Å². The average molecular weight is 304 g/mol. The summed E-state index contributed by atoms with van der Waals surface area (Å²) >= 11 is 0. The van der Waals surface area contributed by atoms with Crippen molar-refractivity contribution in [2.24, 2.45) is 10.2 Å². The Hall–Kier alpha value is -3.21. The minimum Gasteiger partial charge on any atom is -0.293 e. The van der Waals surface area contributed by atoms with E-state index in [0.717, 1.165) is 11.3 Å². The van der Waals surface area contributed by atoms with Gasteiger partial charge in [0.25, 0.3) is 5.56 Å². The summed E-state index contributed by atoms with van der Waals surface area (Å²) in [5.41, 5.74) is 3.21. The van der Waals surface area contributed by atoms with Gasteiger partial charge in [-0.3, -0.25) is 9.89 Å². The molecule has 0 saturated carbocycles. The Morgan fingerprint density at radius 2 is 1.74 bits per heavy atom. The molecule has 23 heavy (non-hydrogen) atoms. The predicted octanol–water partition coefficient (Wildman–Crippen LogP) is 4.53. The van der Waals surface area contributed by atoms with E-state index in [1.165, 1.54) is 4.68 Å². The zero-order valence-corrected chi connectivity index (χ0v) is 12.7. The number of hydrogen-bond acceptors (Lipinski definition) is 3. The lowest BCUT2D eigenvalue weighted by atomic mass is 10.2. The van der Waals surface area contributed by atoms with Gasteiger partial charge in [-0.15, -0.1) is 5.11 Å². The van der Waals surface area contributed by atoms with Gasteiger partial charge in [0.05, 0.1) is 17.1 Å². The summed E-state index contributed by atoms with van der Waals surface area (Å²) in [4.78, 5) is 12.5. The third kappa shape index (κ3) is 3.03. The van der Waals surface area contributed by atoms with E-state index in [-0.39, 0.29) is 5.56 Å². The molecule has 0 radical (unpaired) electrons. The maximum absolute atomic E-state index is 12.5. The molecule has 0 unspecified atom stereocenters. The van der Waals surface area contributed by atoms with Gasteiger partial charge in [0.2, 0.25) is 0 Å². The minimum absolute atomic E-state index is 0.222. The Morgan fingerprint density at radius 1 is 1.04 bits per heavy atom. The number of aromatic nitrogens is 2. The predicted molar refractivity (Wildman–Crippen MR) is 91.8 cm³/mol. The van der Waals surface area contributed by atoms with Crippen LogP contribution in [0.3, 0.4) is 0 Å². The number of para-hydroxylation sites is 1. The smallest absolute Gasteiger partial charge is 0.293 e. The largest absolute Gasteiger partial charge is 0.299 e. The summed E-state index contributed by atoms with van der Waals surface area (Å²) in [7, 11) is 0. The van der Waals surface area contributed by atoms with Crippen LogP contribution in [0.1, 0.15) is 11.3 Å². The number of H-pyrrole nitrogens is 1. The van der Waals surface area contributed by atoms with Crippen LogP contribution < -0.4 is 5.56 Å². The van der Waals surface area contributed by atoms with Crippen LogP contribution in [0.4, 0.5) is 11.4 Å². The summed E-state index contributed by atoms with van der Waals surface area (Å²) in [5, 5.41) is 11.3. The van der Waals surface area contributed by atoms with E-state index < -0.39 is 0 Å². The van der Waals surface area contributed by atoms with Crippen LogP contribution in [0.5, 0.6) is 0 Å². The van der Waals surface area contributed by atoms with E-state index in [0.29, 0.717) is 17.1 Å². The lowest BCUT2D eigenvalue weighted by molar-refractivity contribution is 0.835. The number of benzene rings is 2. The first-order valence-electron chi connectivity index (χ1n) is 7.20. The van der Waals surface area contributed by atoms with Crippen molar-refractivity contribution in [2.75, 3.05) is 0 Å². The molecule has 114 valence electrons. The lowest BCUT2D eigenvalue weighted by Crippen LogP contribution is -2.13. The van der Waals surface area contributed by atoms with Gasteiger partial charge in [-0.1, -0.05) is 43.0 Å². The molecule has 0 aliphatic rings. The van der Waals surface area contributed by atoms with Crippen LogP contribution in [0.15, 0.2) is 76.2 Å². The van der Waals surface area contributed by atoms with E-state index in [1.807, 2.05) is 54.6 Å². The quantitative estimate of drug-likeness (QED) is 0.707. The molecule has 3 aromatic rings. The van der Waals surface area contributed by atoms with Gasteiger partial charge < -0.3 is 0 Å². The molecular weight excluding hydrogens is 288 g/mol. The van der Waals surface area contributed by atoms with E-state index >= 15 is 0 Å². The highest BCUT2D eigenvalue weighted by Crippen LogP contribution is 2.19. The first kappa shape index (κ1) is 14.7. The zero-order valence-electron chi connectivity index (χ0n) is 12.7. The molecule has 0 saturated heterocycles. The molecule has 1 N–H and O–H groups in total. The van der Waals surface area contributed by atoms with E-state index in [2.05, 4.69) is 21.9 Å². The normalized spacial score (nSPS) is 11.0. The molecule has 0 amide bonds. The molecule has 0 aliphatic carbocycles. The van der Waals surface area contributed by atoms with Gasteiger partial charge in [-0.05, 0) is 36.8 Å². The summed E-state index contributed by atoms with van der Waals surface area (Å²) < 4.78 is 1.46. The van der Waals surface area contributed by atoms with Gasteiger partial charge in [0, 0.05) is 0 Å². The van der Waals surface area contributed by atoms with Crippen molar-refractivity contribution in [1.29, 1.82) is 0 Å². The van der Waals surface area contributed by atoms with E-state index in [4.69, 9.17) is 0 Å². The number of aromatic amines is 1. The SMILES string of the molecule is C=Cc1ccc(N=Nc2c(C)[nH]n(-c3ccccc3)c2=O)cc1. The van der Waals surface area contributed by atoms with Crippen LogP contribution in [0.25, 0.3) is 11.8 Å².